The van der Waals surface area contributed by atoms with E-state index in [1.165, 1.54) is 0 Å². The van der Waals surface area contributed by atoms with E-state index in [0.29, 0.717) is 5.95 Å². The van der Waals surface area contributed by atoms with Gasteiger partial charge in [-0.15, -0.1) is 0 Å². The minimum absolute atomic E-state index is 0.0172. The Morgan fingerprint density at radius 2 is 1.75 bits per heavy atom. The number of aryl methyl sites for hydroxylation is 2. The smallest absolute Gasteiger partial charge is 0.223 e. The summed E-state index contributed by atoms with van der Waals surface area (Å²) in [5.41, 5.74) is 2.81. The fourth-order valence-corrected chi connectivity index (χ4v) is 2.27. The van der Waals surface area contributed by atoms with Crippen molar-refractivity contribution < 1.29 is 4.42 Å². The molecule has 0 saturated carbocycles. The number of anilines is 1. The van der Waals surface area contributed by atoms with Crippen molar-refractivity contribution in [3.8, 4) is 0 Å². The minimum Gasteiger partial charge on any atom is -0.459 e. The van der Waals surface area contributed by atoms with Crippen molar-refractivity contribution in [1.82, 2.24) is 9.97 Å². The molecular formula is C16H17N3O. The predicted octanol–water partition coefficient (Wildman–Crippen LogP) is 4.01. The second-order valence-electron chi connectivity index (χ2n) is 5.03. The molecule has 3 rings (SSSR count). The Balaban J connectivity index is 1.86. The Kier molecular flexibility index (Phi) is 3.14. The van der Waals surface area contributed by atoms with E-state index in [4.69, 9.17) is 4.42 Å². The van der Waals surface area contributed by atoms with E-state index in [1.54, 1.807) is 0 Å². The van der Waals surface area contributed by atoms with Gasteiger partial charge in [0.1, 0.15) is 11.3 Å². The lowest BCUT2D eigenvalue weighted by atomic mass is 10.2. The number of nitrogens with zero attached hydrogens (tertiary/aromatic N) is 2. The van der Waals surface area contributed by atoms with Crippen LogP contribution in [0.25, 0.3) is 11.0 Å². The van der Waals surface area contributed by atoms with E-state index in [-0.39, 0.29) is 6.04 Å². The van der Waals surface area contributed by atoms with Crippen molar-refractivity contribution in [1.29, 1.82) is 0 Å². The molecule has 1 atom stereocenters. The third kappa shape index (κ3) is 2.50. The van der Waals surface area contributed by atoms with Crippen LogP contribution in [0.5, 0.6) is 0 Å². The number of fused-ring (bicyclic) bond motifs is 1. The molecule has 0 fully saturated rings. The van der Waals surface area contributed by atoms with E-state index in [9.17, 15) is 0 Å². The van der Waals surface area contributed by atoms with Gasteiger partial charge >= 0.3 is 0 Å². The lowest BCUT2D eigenvalue weighted by Gasteiger charge is -2.11. The van der Waals surface area contributed by atoms with Gasteiger partial charge in [-0.1, -0.05) is 18.2 Å². The van der Waals surface area contributed by atoms with Gasteiger partial charge in [0.15, 0.2) is 0 Å². The summed E-state index contributed by atoms with van der Waals surface area (Å²) in [6.45, 7) is 5.97. The first kappa shape index (κ1) is 12.7. The lowest BCUT2D eigenvalue weighted by molar-refractivity contribution is 0.524. The molecule has 20 heavy (non-hydrogen) atoms. The van der Waals surface area contributed by atoms with Gasteiger partial charge in [0.25, 0.3) is 0 Å². The number of rotatable bonds is 3. The van der Waals surface area contributed by atoms with E-state index >= 15 is 0 Å². The van der Waals surface area contributed by atoms with Crippen LogP contribution in [-0.4, -0.2) is 9.97 Å². The van der Waals surface area contributed by atoms with Crippen molar-refractivity contribution in [2.24, 2.45) is 0 Å². The van der Waals surface area contributed by atoms with Gasteiger partial charge in [0, 0.05) is 16.8 Å². The molecule has 2 aromatic heterocycles. The van der Waals surface area contributed by atoms with E-state index in [0.717, 1.165) is 28.1 Å². The summed E-state index contributed by atoms with van der Waals surface area (Å²) in [4.78, 5) is 8.78. The molecular weight excluding hydrogens is 250 g/mol. The highest BCUT2D eigenvalue weighted by Crippen LogP contribution is 2.25. The number of hydrogen-bond acceptors (Lipinski definition) is 4. The van der Waals surface area contributed by atoms with Crippen LogP contribution in [0, 0.1) is 13.8 Å². The van der Waals surface area contributed by atoms with E-state index in [2.05, 4.69) is 21.4 Å². The Bertz CT molecular complexity index is 695. The lowest BCUT2D eigenvalue weighted by Crippen LogP contribution is -2.09. The zero-order chi connectivity index (χ0) is 14.1. The maximum atomic E-state index is 5.84. The summed E-state index contributed by atoms with van der Waals surface area (Å²) >= 11 is 0. The predicted molar refractivity (Wildman–Crippen MR) is 79.8 cm³/mol. The van der Waals surface area contributed by atoms with Crippen LogP contribution in [0.15, 0.2) is 40.8 Å². The largest absolute Gasteiger partial charge is 0.459 e. The Hall–Kier alpha value is -2.36. The SMILES string of the molecule is Cc1cc(C)nc(N[C@@H](C)c2cc3ccccc3o2)n1. The highest BCUT2D eigenvalue weighted by Gasteiger charge is 2.12. The van der Waals surface area contributed by atoms with Gasteiger partial charge in [0.05, 0.1) is 6.04 Å². The maximum Gasteiger partial charge on any atom is 0.223 e. The molecule has 3 aromatic rings. The summed E-state index contributed by atoms with van der Waals surface area (Å²) < 4.78 is 5.84. The van der Waals surface area contributed by atoms with Crippen molar-refractivity contribution >= 4 is 16.9 Å². The molecule has 0 amide bonds. The van der Waals surface area contributed by atoms with Gasteiger partial charge in [0.2, 0.25) is 5.95 Å². The molecule has 1 N–H and O–H groups in total. The fourth-order valence-electron chi connectivity index (χ4n) is 2.27. The molecule has 2 heterocycles. The van der Waals surface area contributed by atoms with Gasteiger partial charge < -0.3 is 9.73 Å². The Morgan fingerprint density at radius 3 is 2.45 bits per heavy atom. The molecule has 1 aromatic carbocycles. The van der Waals surface area contributed by atoms with Crippen molar-refractivity contribution in [2.45, 2.75) is 26.8 Å². The van der Waals surface area contributed by atoms with Crippen LogP contribution in [0.1, 0.15) is 30.1 Å². The zero-order valence-corrected chi connectivity index (χ0v) is 11.8. The number of hydrogen-bond donors (Lipinski definition) is 1. The second kappa shape index (κ2) is 4.96. The van der Waals surface area contributed by atoms with Gasteiger partial charge in [-0.2, -0.15) is 0 Å². The van der Waals surface area contributed by atoms with Crippen LogP contribution in [-0.2, 0) is 0 Å². The molecule has 0 aliphatic carbocycles. The van der Waals surface area contributed by atoms with Crippen LogP contribution in [0.4, 0.5) is 5.95 Å². The number of furan rings is 1. The van der Waals surface area contributed by atoms with Crippen LogP contribution in [0.3, 0.4) is 0 Å². The first-order valence-corrected chi connectivity index (χ1v) is 6.69. The standard InChI is InChI=1S/C16H17N3O/c1-10-8-11(2)18-16(17-10)19-12(3)15-9-13-6-4-5-7-14(13)20-15/h4-9,12H,1-3H3,(H,17,18,19)/t12-/m0/s1. The van der Waals surface area contributed by atoms with Gasteiger partial charge in [-0.05, 0) is 39.0 Å². The molecule has 0 saturated heterocycles. The quantitative estimate of drug-likeness (QED) is 0.779. The topological polar surface area (TPSA) is 51.0 Å². The Morgan fingerprint density at radius 1 is 1.05 bits per heavy atom. The van der Waals surface area contributed by atoms with Crippen molar-refractivity contribution in [2.75, 3.05) is 5.32 Å². The molecule has 0 unspecified atom stereocenters. The second-order valence-corrected chi connectivity index (χ2v) is 5.03. The molecule has 4 nitrogen and oxygen atoms in total. The number of para-hydroxylation sites is 1. The molecule has 0 aliphatic rings. The molecule has 102 valence electrons. The average Bonchev–Trinajstić information content (AvgIpc) is 2.81. The maximum absolute atomic E-state index is 5.84. The summed E-state index contributed by atoms with van der Waals surface area (Å²) in [6, 6.07) is 12.0. The number of aromatic nitrogens is 2. The fraction of sp³-hybridized carbons (Fsp3) is 0.250. The summed E-state index contributed by atoms with van der Waals surface area (Å²) in [5, 5.41) is 4.39. The highest BCUT2D eigenvalue weighted by molar-refractivity contribution is 5.77. The van der Waals surface area contributed by atoms with Crippen molar-refractivity contribution in [3.05, 3.63) is 53.5 Å². The minimum atomic E-state index is 0.0172. The van der Waals surface area contributed by atoms with Crippen LogP contribution < -0.4 is 5.32 Å². The van der Waals surface area contributed by atoms with Crippen molar-refractivity contribution in [3.63, 3.8) is 0 Å². The van der Waals surface area contributed by atoms with Crippen LogP contribution >= 0.6 is 0 Å². The van der Waals surface area contributed by atoms with Gasteiger partial charge in [-0.3, -0.25) is 0 Å². The summed E-state index contributed by atoms with van der Waals surface area (Å²) in [7, 11) is 0. The van der Waals surface area contributed by atoms with E-state index < -0.39 is 0 Å². The number of nitrogens with one attached hydrogen (secondary N) is 1. The Labute approximate surface area is 117 Å². The van der Waals surface area contributed by atoms with Gasteiger partial charge in [-0.25, -0.2) is 9.97 Å². The average molecular weight is 267 g/mol. The normalized spacial score (nSPS) is 12.6. The van der Waals surface area contributed by atoms with Crippen LogP contribution in [0.2, 0.25) is 0 Å². The molecule has 0 spiro atoms. The third-order valence-electron chi connectivity index (χ3n) is 3.20. The first-order valence-electron chi connectivity index (χ1n) is 6.69. The third-order valence-corrected chi connectivity index (χ3v) is 3.20. The molecule has 4 heteroatoms. The number of benzene rings is 1. The first-order chi connectivity index (χ1) is 9.61. The highest BCUT2D eigenvalue weighted by atomic mass is 16.3. The zero-order valence-electron chi connectivity index (χ0n) is 11.8. The molecule has 0 bridgehead atoms. The molecule has 0 aliphatic heterocycles. The summed E-state index contributed by atoms with van der Waals surface area (Å²) in [5.74, 6) is 1.52. The van der Waals surface area contributed by atoms with E-state index in [1.807, 2.05) is 51.1 Å². The monoisotopic (exact) mass is 267 g/mol. The summed E-state index contributed by atoms with van der Waals surface area (Å²) in [6.07, 6.45) is 0. The molecule has 0 radical (unpaired) electrons.